The largest absolute Gasteiger partial charge is 0.376 e. The van der Waals surface area contributed by atoms with E-state index >= 15 is 0 Å². The average molecular weight is 402 g/mol. The summed E-state index contributed by atoms with van der Waals surface area (Å²) in [6, 6.07) is 10.9. The molecule has 0 atom stereocenters. The van der Waals surface area contributed by atoms with Gasteiger partial charge >= 0.3 is 0 Å². The standard InChI is InChI=1S/C22H28ClN3O2/c1-6-22(4,5)26-21(28)17-9-8-16(12-18(17)23)24-13-20(27)25-19-10-7-14(2)11-15(19)3/h7-12,24H,6,13H2,1-5H3,(H,25,27)(H,26,28). The highest BCUT2D eigenvalue weighted by molar-refractivity contribution is 6.34. The molecule has 0 aromatic heterocycles. The van der Waals surface area contributed by atoms with E-state index in [4.69, 9.17) is 11.6 Å². The minimum atomic E-state index is -0.302. The van der Waals surface area contributed by atoms with Gasteiger partial charge in [-0.15, -0.1) is 0 Å². The fourth-order valence-corrected chi connectivity index (χ4v) is 2.87. The lowest BCUT2D eigenvalue weighted by Crippen LogP contribution is -2.42. The van der Waals surface area contributed by atoms with Crippen molar-refractivity contribution >= 4 is 34.8 Å². The van der Waals surface area contributed by atoms with Gasteiger partial charge in [-0.1, -0.05) is 36.2 Å². The summed E-state index contributed by atoms with van der Waals surface area (Å²) in [6.45, 7) is 10.00. The molecular weight excluding hydrogens is 374 g/mol. The number of anilines is 2. The van der Waals surface area contributed by atoms with Gasteiger partial charge in [-0.25, -0.2) is 0 Å². The highest BCUT2D eigenvalue weighted by atomic mass is 35.5. The van der Waals surface area contributed by atoms with Gasteiger partial charge < -0.3 is 16.0 Å². The van der Waals surface area contributed by atoms with Crippen LogP contribution in [0.1, 0.15) is 48.7 Å². The topological polar surface area (TPSA) is 70.2 Å². The third kappa shape index (κ3) is 5.99. The molecule has 5 nitrogen and oxygen atoms in total. The molecule has 0 spiro atoms. The maximum Gasteiger partial charge on any atom is 0.253 e. The molecular formula is C22H28ClN3O2. The van der Waals surface area contributed by atoms with Crippen LogP contribution in [-0.2, 0) is 4.79 Å². The van der Waals surface area contributed by atoms with Crippen molar-refractivity contribution in [2.75, 3.05) is 17.2 Å². The third-order valence-corrected chi connectivity index (χ3v) is 4.97. The first kappa shape index (κ1) is 21.8. The van der Waals surface area contributed by atoms with E-state index in [-0.39, 0.29) is 23.9 Å². The van der Waals surface area contributed by atoms with Crippen molar-refractivity contribution in [3.05, 3.63) is 58.1 Å². The molecule has 2 rings (SSSR count). The first-order chi connectivity index (χ1) is 13.1. The SMILES string of the molecule is CCC(C)(C)NC(=O)c1ccc(NCC(=O)Nc2ccc(C)cc2C)cc1Cl. The fourth-order valence-electron chi connectivity index (χ4n) is 2.60. The molecule has 0 saturated carbocycles. The van der Waals surface area contributed by atoms with Gasteiger partial charge in [-0.05, 0) is 63.9 Å². The zero-order valence-electron chi connectivity index (χ0n) is 17.1. The van der Waals surface area contributed by atoms with E-state index in [9.17, 15) is 9.59 Å². The van der Waals surface area contributed by atoms with Gasteiger partial charge in [-0.2, -0.15) is 0 Å². The van der Waals surface area contributed by atoms with Crippen molar-refractivity contribution < 1.29 is 9.59 Å². The first-order valence-corrected chi connectivity index (χ1v) is 9.72. The van der Waals surface area contributed by atoms with Crippen LogP contribution in [0.25, 0.3) is 0 Å². The Hall–Kier alpha value is -2.53. The minimum absolute atomic E-state index is 0.0953. The quantitative estimate of drug-likeness (QED) is 0.616. The summed E-state index contributed by atoms with van der Waals surface area (Å²) < 4.78 is 0. The van der Waals surface area contributed by atoms with Gasteiger partial charge in [0.1, 0.15) is 0 Å². The number of amides is 2. The fraction of sp³-hybridized carbons (Fsp3) is 0.364. The Kier molecular flexibility index (Phi) is 7.08. The van der Waals surface area contributed by atoms with Crippen molar-refractivity contribution in [1.82, 2.24) is 5.32 Å². The maximum atomic E-state index is 12.4. The summed E-state index contributed by atoms with van der Waals surface area (Å²) in [6.07, 6.45) is 0.811. The number of nitrogens with one attached hydrogen (secondary N) is 3. The van der Waals surface area contributed by atoms with Crippen LogP contribution in [0.15, 0.2) is 36.4 Å². The maximum absolute atomic E-state index is 12.4. The smallest absolute Gasteiger partial charge is 0.253 e. The Morgan fingerprint density at radius 3 is 2.39 bits per heavy atom. The van der Waals surface area contributed by atoms with Crippen molar-refractivity contribution in [1.29, 1.82) is 0 Å². The normalized spacial score (nSPS) is 11.1. The van der Waals surface area contributed by atoms with Crippen molar-refractivity contribution in [3.8, 4) is 0 Å². The summed E-state index contributed by atoms with van der Waals surface area (Å²) in [5.74, 6) is -0.370. The number of hydrogen-bond acceptors (Lipinski definition) is 3. The van der Waals surface area contributed by atoms with Crippen LogP contribution < -0.4 is 16.0 Å². The van der Waals surface area contributed by atoms with E-state index in [0.29, 0.717) is 16.3 Å². The number of aryl methyl sites for hydroxylation is 2. The molecule has 0 fully saturated rings. The summed E-state index contributed by atoms with van der Waals surface area (Å²) in [4.78, 5) is 24.6. The molecule has 0 bridgehead atoms. The molecule has 0 saturated heterocycles. The van der Waals surface area contributed by atoms with E-state index in [2.05, 4.69) is 16.0 Å². The van der Waals surface area contributed by atoms with Gasteiger partial charge in [0, 0.05) is 16.9 Å². The molecule has 3 N–H and O–H groups in total. The summed E-state index contributed by atoms with van der Waals surface area (Å²) in [7, 11) is 0. The molecule has 150 valence electrons. The van der Waals surface area contributed by atoms with Crippen LogP contribution in [-0.4, -0.2) is 23.9 Å². The lowest BCUT2D eigenvalue weighted by Gasteiger charge is -2.24. The van der Waals surface area contributed by atoms with E-state index in [1.165, 1.54) is 0 Å². The average Bonchev–Trinajstić information content (AvgIpc) is 2.62. The zero-order chi connectivity index (χ0) is 20.9. The molecule has 6 heteroatoms. The molecule has 2 aromatic carbocycles. The van der Waals surface area contributed by atoms with Crippen LogP contribution in [0.3, 0.4) is 0 Å². The van der Waals surface area contributed by atoms with E-state index < -0.39 is 0 Å². The van der Waals surface area contributed by atoms with Crippen LogP contribution in [0.2, 0.25) is 5.02 Å². The Labute approximate surface area is 171 Å². The highest BCUT2D eigenvalue weighted by Crippen LogP contribution is 2.22. The summed E-state index contributed by atoms with van der Waals surface area (Å²) in [5.41, 5.74) is 3.74. The number of halogens is 1. The van der Waals surface area contributed by atoms with Gasteiger partial charge in [0.05, 0.1) is 17.1 Å². The van der Waals surface area contributed by atoms with Crippen molar-refractivity contribution in [2.45, 2.75) is 46.6 Å². The van der Waals surface area contributed by atoms with Crippen LogP contribution >= 0.6 is 11.6 Å². The second kappa shape index (κ2) is 9.11. The van der Waals surface area contributed by atoms with Gasteiger partial charge in [0.25, 0.3) is 5.91 Å². The number of carbonyl (C=O) groups is 2. The number of carbonyl (C=O) groups excluding carboxylic acids is 2. The monoisotopic (exact) mass is 401 g/mol. The molecule has 0 unspecified atom stereocenters. The molecule has 2 aromatic rings. The molecule has 0 aliphatic rings. The lowest BCUT2D eigenvalue weighted by molar-refractivity contribution is -0.114. The Balaban J connectivity index is 1.97. The van der Waals surface area contributed by atoms with Crippen LogP contribution in [0, 0.1) is 13.8 Å². The van der Waals surface area contributed by atoms with Gasteiger partial charge in [0.15, 0.2) is 0 Å². The van der Waals surface area contributed by atoms with Crippen molar-refractivity contribution in [2.24, 2.45) is 0 Å². The van der Waals surface area contributed by atoms with E-state index in [1.54, 1.807) is 18.2 Å². The van der Waals surface area contributed by atoms with Crippen LogP contribution in [0.4, 0.5) is 11.4 Å². The summed E-state index contributed by atoms with van der Waals surface area (Å²) in [5, 5.41) is 9.22. The predicted octanol–water partition coefficient (Wildman–Crippen LogP) is 4.93. The molecule has 0 radical (unpaired) electrons. The predicted molar refractivity (Wildman–Crippen MR) is 116 cm³/mol. The minimum Gasteiger partial charge on any atom is -0.376 e. The molecule has 2 amide bonds. The second-order valence-electron chi connectivity index (χ2n) is 7.61. The number of hydrogen-bond donors (Lipinski definition) is 3. The van der Waals surface area contributed by atoms with Crippen LogP contribution in [0.5, 0.6) is 0 Å². The second-order valence-corrected chi connectivity index (χ2v) is 8.01. The Bertz CT molecular complexity index is 878. The van der Waals surface area contributed by atoms with Crippen molar-refractivity contribution in [3.63, 3.8) is 0 Å². The number of benzene rings is 2. The van der Waals surface area contributed by atoms with E-state index in [0.717, 1.165) is 23.2 Å². The molecule has 0 aliphatic carbocycles. The van der Waals surface area contributed by atoms with Gasteiger partial charge in [-0.3, -0.25) is 9.59 Å². The van der Waals surface area contributed by atoms with Gasteiger partial charge in [0.2, 0.25) is 5.91 Å². The molecule has 0 aliphatic heterocycles. The summed E-state index contributed by atoms with van der Waals surface area (Å²) >= 11 is 6.28. The lowest BCUT2D eigenvalue weighted by atomic mass is 10.0. The Morgan fingerprint density at radius 1 is 1.07 bits per heavy atom. The zero-order valence-corrected chi connectivity index (χ0v) is 17.8. The molecule has 0 heterocycles. The third-order valence-electron chi connectivity index (χ3n) is 4.66. The number of rotatable bonds is 7. The first-order valence-electron chi connectivity index (χ1n) is 9.34. The van der Waals surface area contributed by atoms with E-state index in [1.807, 2.05) is 52.8 Å². The molecule has 28 heavy (non-hydrogen) atoms. The Morgan fingerprint density at radius 2 is 1.79 bits per heavy atom. The highest BCUT2D eigenvalue weighted by Gasteiger charge is 2.20.